The highest BCUT2D eigenvalue weighted by molar-refractivity contribution is 5.88. The predicted molar refractivity (Wildman–Crippen MR) is 79.6 cm³/mol. The highest BCUT2D eigenvalue weighted by Crippen LogP contribution is 2.31. The number of amides is 1. The fraction of sp³-hybridized carbons (Fsp3) is 0.312. The van der Waals surface area contributed by atoms with E-state index in [1.165, 1.54) is 5.39 Å². The predicted octanol–water partition coefficient (Wildman–Crippen LogP) is 3.36. The maximum atomic E-state index is 10.6. The zero-order valence-electron chi connectivity index (χ0n) is 11.8. The summed E-state index contributed by atoms with van der Waals surface area (Å²) in [6.07, 6.45) is -0.375. The van der Waals surface area contributed by atoms with E-state index in [1.807, 2.05) is 25.1 Å². The highest BCUT2D eigenvalue weighted by atomic mass is 16.5. The normalized spacial score (nSPS) is 10.5. The first-order valence-corrected chi connectivity index (χ1v) is 6.74. The average Bonchev–Trinajstić information content (AvgIpc) is 2.42. The maximum absolute atomic E-state index is 10.6. The van der Waals surface area contributed by atoms with Crippen LogP contribution in [0.25, 0.3) is 10.8 Å². The van der Waals surface area contributed by atoms with Crippen LogP contribution in [-0.4, -0.2) is 24.4 Å². The summed E-state index contributed by atoms with van der Waals surface area (Å²) >= 11 is 0. The molecule has 0 saturated carbocycles. The third kappa shape index (κ3) is 3.02. The van der Waals surface area contributed by atoms with Gasteiger partial charge in [0.15, 0.2) is 0 Å². The van der Waals surface area contributed by atoms with Crippen molar-refractivity contribution in [1.82, 2.24) is 5.32 Å². The standard InChI is InChI=1S/C16H19NO3/c1-3-20-15-10-12-6-4-5-7-13(12)11(2)14(15)8-9-17-16(18)19/h4-7,10,17H,3,8-9H2,1-2H3,(H,18,19). The number of hydrogen-bond acceptors (Lipinski definition) is 2. The molecule has 2 rings (SSSR count). The highest BCUT2D eigenvalue weighted by Gasteiger charge is 2.11. The topological polar surface area (TPSA) is 58.6 Å². The lowest BCUT2D eigenvalue weighted by molar-refractivity contribution is 0.194. The summed E-state index contributed by atoms with van der Waals surface area (Å²) in [6, 6.07) is 10.2. The molecule has 1 amide bonds. The zero-order chi connectivity index (χ0) is 14.5. The van der Waals surface area contributed by atoms with Crippen LogP contribution in [0, 0.1) is 6.92 Å². The van der Waals surface area contributed by atoms with Gasteiger partial charge in [0.1, 0.15) is 5.75 Å². The molecule has 0 saturated heterocycles. The second-order valence-corrected chi connectivity index (χ2v) is 4.61. The number of ether oxygens (including phenoxy) is 1. The van der Waals surface area contributed by atoms with Gasteiger partial charge in [0.05, 0.1) is 6.61 Å². The van der Waals surface area contributed by atoms with E-state index in [9.17, 15) is 4.79 Å². The molecule has 2 N–H and O–H groups in total. The SMILES string of the molecule is CCOc1cc2ccccc2c(C)c1CCNC(=O)O. The molecule has 4 heteroatoms. The van der Waals surface area contributed by atoms with E-state index >= 15 is 0 Å². The lowest BCUT2D eigenvalue weighted by Crippen LogP contribution is -2.23. The minimum absolute atomic E-state index is 0.384. The summed E-state index contributed by atoms with van der Waals surface area (Å²) in [6.45, 7) is 4.98. The average molecular weight is 273 g/mol. The van der Waals surface area contributed by atoms with Gasteiger partial charge in [-0.2, -0.15) is 0 Å². The van der Waals surface area contributed by atoms with Crippen LogP contribution < -0.4 is 10.1 Å². The van der Waals surface area contributed by atoms with Crippen LogP contribution in [0.1, 0.15) is 18.1 Å². The lowest BCUT2D eigenvalue weighted by Gasteiger charge is -2.16. The third-order valence-corrected chi connectivity index (χ3v) is 3.35. The van der Waals surface area contributed by atoms with E-state index in [0.717, 1.165) is 22.3 Å². The van der Waals surface area contributed by atoms with Crippen LogP contribution >= 0.6 is 0 Å². The molecule has 2 aromatic rings. The minimum atomic E-state index is -0.999. The summed E-state index contributed by atoms with van der Waals surface area (Å²) in [5.41, 5.74) is 2.22. The number of rotatable bonds is 5. The van der Waals surface area contributed by atoms with Gasteiger partial charge in [-0.15, -0.1) is 0 Å². The van der Waals surface area contributed by atoms with Crippen molar-refractivity contribution in [2.75, 3.05) is 13.2 Å². The molecule has 0 unspecified atom stereocenters. The van der Waals surface area contributed by atoms with Crippen LogP contribution in [-0.2, 0) is 6.42 Å². The van der Waals surface area contributed by atoms with Crippen LogP contribution in [0.15, 0.2) is 30.3 Å². The van der Waals surface area contributed by atoms with Gasteiger partial charge in [0, 0.05) is 6.54 Å². The quantitative estimate of drug-likeness (QED) is 0.878. The van der Waals surface area contributed by atoms with Gasteiger partial charge in [-0.1, -0.05) is 24.3 Å². The van der Waals surface area contributed by atoms with Gasteiger partial charge >= 0.3 is 6.09 Å². The van der Waals surface area contributed by atoms with Gasteiger partial charge < -0.3 is 15.2 Å². The molecule has 20 heavy (non-hydrogen) atoms. The number of nitrogens with one attached hydrogen (secondary N) is 1. The molecule has 0 aliphatic heterocycles. The van der Waals surface area contributed by atoms with Gasteiger partial charge in [0.2, 0.25) is 0 Å². The van der Waals surface area contributed by atoms with Crippen LogP contribution in [0.4, 0.5) is 4.79 Å². The van der Waals surface area contributed by atoms with E-state index in [1.54, 1.807) is 0 Å². The van der Waals surface area contributed by atoms with Gasteiger partial charge in [-0.25, -0.2) is 4.79 Å². The Labute approximate surface area is 118 Å². The summed E-state index contributed by atoms with van der Waals surface area (Å²) in [5.74, 6) is 0.843. The van der Waals surface area contributed by atoms with E-state index in [2.05, 4.69) is 24.4 Å². The van der Waals surface area contributed by atoms with Crippen molar-refractivity contribution < 1.29 is 14.6 Å². The monoisotopic (exact) mass is 273 g/mol. The molecular formula is C16H19NO3. The Morgan fingerprint density at radius 2 is 2.10 bits per heavy atom. The smallest absolute Gasteiger partial charge is 0.404 e. The van der Waals surface area contributed by atoms with Gasteiger partial charge in [0.25, 0.3) is 0 Å². The van der Waals surface area contributed by atoms with Crippen molar-refractivity contribution in [3.8, 4) is 5.75 Å². The van der Waals surface area contributed by atoms with E-state index in [4.69, 9.17) is 9.84 Å². The van der Waals surface area contributed by atoms with Gasteiger partial charge in [-0.3, -0.25) is 0 Å². The third-order valence-electron chi connectivity index (χ3n) is 3.35. The second-order valence-electron chi connectivity index (χ2n) is 4.61. The molecule has 0 fully saturated rings. The van der Waals surface area contributed by atoms with E-state index in [0.29, 0.717) is 19.6 Å². The molecular weight excluding hydrogens is 254 g/mol. The summed E-state index contributed by atoms with van der Waals surface area (Å²) in [4.78, 5) is 10.6. The summed E-state index contributed by atoms with van der Waals surface area (Å²) < 4.78 is 5.71. The molecule has 0 atom stereocenters. The Bertz CT molecular complexity index is 622. The molecule has 0 aliphatic carbocycles. The second kappa shape index (κ2) is 6.28. The first kappa shape index (κ1) is 14.2. The molecule has 0 radical (unpaired) electrons. The zero-order valence-corrected chi connectivity index (χ0v) is 11.8. The Hall–Kier alpha value is -2.23. The fourth-order valence-electron chi connectivity index (χ4n) is 2.43. The molecule has 0 aromatic heterocycles. The summed E-state index contributed by atoms with van der Waals surface area (Å²) in [7, 11) is 0. The Balaban J connectivity index is 2.40. The van der Waals surface area contributed by atoms with Crippen molar-refractivity contribution in [1.29, 1.82) is 0 Å². The molecule has 4 nitrogen and oxygen atoms in total. The minimum Gasteiger partial charge on any atom is -0.494 e. The first-order valence-electron chi connectivity index (χ1n) is 6.74. The van der Waals surface area contributed by atoms with Crippen molar-refractivity contribution in [2.24, 2.45) is 0 Å². The number of carbonyl (C=O) groups is 1. The number of hydrogen-bond donors (Lipinski definition) is 2. The van der Waals surface area contributed by atoms with E-state index in [-0.39, 0.29) is 0 Å². The molecule has 0 heterocycles. The number of fused-ring (bicyclic) bond motifs is 1. The van der Waals surface area contributed by atoms with Gasteiger partial charge in [-0.05, 0) is 48.2 Å². The molecule has 2 aromatic carbocycles. The fourth-order valence-corrected chi connectivity index (χ4v) is 2.43. The first-order chi connectivity index (χ1) is 9.63. The van der Waals surface area contributed by atoms with Crippen LogP contribution in [0.2, 0.25) is 0 Å². The summed E-state index contributed by atoms with van der Waals surface area (Å²) in [5, 5.41) is 13.4. The Morgan fingerprint density at radius 3 is 2.80 bits per heavy atom. The van der Waals surface area contributed by atoms with E-state index < -0.39 is 6.09 Å². The van der Waals surface area contributed by atoms with Crippen molar-refractivity contribution >= 4 is 16.9 Å². The lowest BCUT2D eigenvalue weighted by atomic mass is 9.97. The maximum Gasteiger partial charge on any atom is 0.404 e. The number of benzene rings is 2. The van der Waals surface area contributed by atoms with Crippen molar-refractivity contribution in [2.45, 2.75) is 20.3 Å². The largest absolute Gasteiger partial charge is 0.494 e. The Kier molecular flexibility index (Phi) is 4.45. The molecule has 106 valence electrons. The van der Waals surface area contributed by atoms with Crippen LogP contribution in [0.3, 0.4) is 0 Å². The van der Waals surface area contributed by atoms with Crippen molar-refractivity contribution in [3.63, 3.8) is 0 Å². The Morgan fingerprint density at radius 1 is 1.35 bits per heavy atom. The molecule has 0 bridgehead atoms. The van der Waals surface area contributed by atoms with Crippen LogP contribution in [0.5, 0.6) is 5.75 Å². The van der Waals surface area contributed by atoms with Crippen molar-refractivity contribution in [3.05, 3.63) is 41.5 Å². The molecule has 0 spiro atoms. The molecule has 0 aliphatic rings. The number of aryl methyl sites for hydroxylation is 1. The number of carboxylic acid groups (broad SMARTS) is 1.